The summed E-state index contributed by atoms with van der Waals surface area (Å²) in [5, 5.41) is 0. The van der Waals surface area contributed by atoms with E-state index in [4.69, 9.17) is 0 Å². The molecule has 19 heavy (non-hydrogen) atoms. The minimum Gasteiger partial charge on any atom is -0.299 e. The summed E-state index contributed by atoms with van der Waals surface area (Å²) in [7, 11) is 0. The summed E-state index contributed by atoms with van der Waals surface area (Å²) in [6.07, 6.45) is 17.3. The van der Waals surface area contributed by atoms with Gasteiger partial charge in [0.2, 0.25) is 0 Å². The van der Waals surface area contributed by atoms with E-state index in [1.807, 2.05) is 0 Å². The fourth-order valence-corrected chi connectivity index (χ4v) is 5.16. The lowest BCUT2D eigenvalue weighted by atomic mass is 9.55. The predicted molar refractivity (Wildman–Crippen MR) is 76.5 cm³/mol. The number of hydrogen-bond donors (Lipinski definition) is 0. The fraction of sp³-hybridized carbons (Fsp3) is 0.611. The summed E-state index contributed by atoms with van der Waals surface area (Å²) in [5.41, 5.74) is 1.52. The maximum absolute atomic E-state index is 12.2. The molecule has 5 atom stereocenters. The van der Waals surface area contributed by atoms with E-state index in [9.17, 15) is 4.79 Å². The number of carbonyl (C=O) groups excluding carboxylic acids is 1. The van der Waals surface area contributed by atoms with Gasteiger partial charge >= 0.3 is 0 Å². The zero-order chi connectivity index (χ0) is 13.0. The van der Waals surface area contributed by atoms with Gasteiger partial charge in [-0.25, -0.2) is 0 Å². The molecule has 0 aromatic heterocycles. The largest absolute Gasteiger partial charge is 0.299 e. The zero-order valence-electron chi connectivity index (χ0n) is 11.6. The monoisotopic (exact) mass is 254 g/mol. The highest BCUT2D eigenvalue weighted by molar-refractivity contribution is 5.87. The molecule has 0 aromatic rings. The molecule has 0 heterocycles. The van der Waals surface area contributed by atoms with E-state index in [1.54, 1.807) is 0 Å². The molecule has 0 radical (unpaired) electrons. The van der Waals surface area contributed by atoms with Gasteiger partial charge in [0.1, 0.15) is 5.78 Å². The molecular formula is C18H22O. The van der Waals surface area contributed by atoms with Crippen molar-refractivity contribution < 1.29 is 4.79 Å². The van der Waals surface area contributed by atoms with Crippen molar-refractivity contribution in [2.24, 2.45) is 29.1 Å². The van der Waals surface area contributed by atoms with Crippen molar-refractivity contribution >= 4 is 5.78 Å². The van der Waals surface area contributed by atoms with Crippen molar-refractivity contribution in [3.63, 3.8) is 0 Å². The van der Waals surface area contributed by atoms with Crippen LogP contribution in [0.25, 0.3) is 0 Å². The Balaban J connectivity index is 1.73. The van der Waals surface area contributed by atoms with Crippen LogP contribution in [0.1, 0.15) is 39.0 Å². The standard InChI is InChI=1S/C18H22O/c1-18-11-10-14-13-5-3-2-4-12(13)6-7-15(14)16(18)8-9-17(18)19/h3-7,13-16H,2,8-11H2,1H3/t13-,14+,15+,16-,18-/m0/s1. The first kappa shape index (κ1) is 11.7. The van der Waals surface area contributed by atoms with Crippen LogP contribution in [0.15, 0.2) is 36.0 Å². The van der Waals surface area contributed by atoms with Crippen LogP contribution in [0.3, 0.4) is 0 Å². The van der Waals surface area contributed by atoms with E-state index >= 15 is 0 Å². The summed E-state index contributed by atoms with van der Waals surface area (Å²) in [6.45, 7) is 2.24. The third-order valence-corrected chi connectivity index (χ3v) is 6.28. The summed E-state index contributed by atoms with van der Waals surface area (Å²) < 4.78 is 0. The van der Waals surface area contributed by atoms with Crippen LogP contribution in [0.5, 0.6) is 0 Å². The Kier molecular flexibility index (Phi) is 2.43. The molecule has 0 aliphatic heterocycles. The number of hydrogen-bond acceptors (Lipinski definition) is 1. The Morgan fingerprint density at radius 1 is 1.26 bits per heavy atom. The molecule has 4 aliphatic carbocycles. The smallest absolute Gasteiger partial charge is 0.139 e. The van der Waals surface area contributed by atoms with Crippen molar-refractivity contribution in [3.8, 4) is 0 Å². The number of allylic oxidation sites excluding steroid dienone is 6. The molecule has 1 nitrogen and oxygen atoms in total. The van der Waals surface area contributed by atoms with Gasteiger partial charge in [0.05, 0.1) is 0 Å². The molecule has 0 amide bonds. The second-order valence-corrected chi connectivity index (χ2v) is 7.02. The maximum atomic E-state index is 12.2. The Labute approximate surface area is 115 Å². The lowest BCUT2D eigenvalue weighted by Gasteiger charge is -2.48. The number of fused-ring (bicyclic) bond motifs is 5. The highest BCUT2D eigenvalue weighted by Gasteiger charge is 2.54. The Morgan fingerprint density at radius 3 is 3.05 bits per heavy atom. The van der Waals surface area contributed by atoms with Gasteiger partial charge in [-0.3, -0.25) is 4.79 Å². The van der Waals surface area contributed by atoms with E-state index in [0.717, 1.165) is 31.6 Å². The highest BCUT2D eigenvalue weighted by Crippen LogP contribution is 2.58. The third kappa shape index (κ3) is 1.50. The normalized spacial score (nSPS) is 47.4. The first-order chi connectivity index (χ1) is 9.20. The molecule has 0 aromatic carbocycles. The molecule has 2 fully saturated rings. The molecule has 2 saturated carbocycles. The van der Waals surface area contributed by atoms with Crippen LogP contribution in [0.4, 0.5) is 0 Å². The first-order valence-electron chi connectivity index (χ1n) is 7.78. The van der Waals surface area contributed by atoms with Gasteiger partial charge in [0, 0.05) is 17.8 Å². The van der Waals surface area contributed by atoms with Gasteiger partial charge in [-0.15, -0.1) is 0 Å². The van der Waals surface area contributed by atoms with E-state index in [1.165, 1.54) is 12.0 Å². The second-order valence-electron chi connectivity index (χ2n) is 7.02. The van der Waals surface area contributed by atoms with Crippen molar-refractivity contribution in [2.75, 3.05) is 0 Å². The van der Waals surface area contributed by atoms with Crippen LogP contribution < -0.4 is 0 Å². The molecule has 0 N–H and O–H groups in total. The Morgan fingerprint density at radius 2 is 2.16 bits per heavy atom. The van der Waals surface area contributed by atoms with E-state index in [0.29, 0.717) is 23.5 Å². The summed E-state index contributed by atoms with van der Waals surface area (Å²) in [6, 6.07) is 0. The van der Waals surface area contributed by atoms with Crippen molar-refractivity contribution in [3.05, 3.63) is 36.0 Å². The molecule has 0 unspecified atom stereocenters. The Bertz CT molecular complexity index is 510. The van der Waals surface area contributed by atoms with Crippen LogP contribution in [0.2, 0.25) is 0 Å². The Hall–Kier alpha value is -1.11. The summed E-state index contributed by atoms with van der Waals surface area (Å²) in [4.78, 5) is 12.2. The molecular weight excluding hydrogens is 232 g/mol. The molecule has 4 aliphatic rings. The van der Waals surface area contributed by atoms with E-state index in [2.05, 4.69) is 37.3 Å². The van der Waals surface area contributed by atoms with Crippen LogP contribution in [0, 0.1) is 29.1 Å². The van der Waals surface area contributed by atoms with Gasteiger partial charge in [-0.2, -0.15) is 0 Å². The van der Waals surface area contributed by atoms with Gasteiger partial charge in [0.25, 0.3) is 0 Å². The fourth-order valence-electron chi connectivity index (χ4n) is 5.16. The molecule has 0 bridgehead atoms. The van der Waals surface area contributed by atoms with Crippen LogP contribution >= 0.6 is 0 Å². The quantitative estimate of drug-likeness (QED) is 0.595. The second kappa shape index (κ2) is 3.94. The lowest BCUT2D eigenvalue weighted by Crippen LogP contribution is -2.44. The van der Waals surface area contributed by atoms with Crippen LogP contribution in [-0.2, 0) is 4.79 Å². The highest BCUT2D eigenvalue weighted by atomic mass is 16.1. The zero-order valence-corrected chi connectivity index (χ0v) is 11.6. The topological polar surface area (TPSA) is 17.1 Å². The van der Waals surface area contributed by atoms with Crippen molar-refractivity contribution in [1.29, 1.82) is 0 Å². The SMILES string of the molecule is C[C@]12CC[C@H]3[C@@H](C=CC4=CCC=C[C@@H]43)[C@@H]1CCC2=O. The van der Waals surface area contributed by atoms with Gasteiger partial charge < -0.3 is 0 Å². The molecule has 4 rings (SSSR count). The van der Waals surface area contributed by atoms with Crippen molar-refractivity contribution in [2.45, 2.75) is 39.0 Å². The third-order valence-electron chi connectivity index (χ3n) is 6.28. The molecule has 0 spiro atoms. The number of ketones is 1. The van der Waals surface area contributed by atoms with Gasteiger partial charge in [-0.05, 0) is 49.0 Å². The number of carbonyl (C=O) groups is 1. The van der Waals surface area contributed by atoms with Crippen LogP contribution in [-0.4, -0.2) is 5.78 Å². The maximum Gasteiger partial charge on any atom is 0.139 e. The van der Waals surface area contributed by atoms with E-state index < -0.39 is 0 Å². The van der Waals surface area contributed by atoms with Gasteiger partial charge in [-0.1, -0.05) is 37.3 Å². The van der Waals surface area contributed by atoms with E-state index in [-0.39, 0.29) is 5.41 Å². The lowest BCUT2D eigenvalue weighted by molar-refractivity contribution is -0.129. The van der Waals surface area contributed by atoms with Crippen molar-refractivity contribution in [1.82, 2.24) is 0 Å². The number of rotatable bonds is 0. The average molecular weight is 254 g/mol. The first-order valence-corrected chi connectivity index (χ1v) is 7.78. The summed E-state index contributed by atoms with van der Waals surface area (Å²) in [5.74, 6) is 3.15. The predicted octanol–water partition coefficient (Wildman–Crippen LogP) is 4.07. The molecule has 0 saturated heterocycles. The summed E-state index contributed by atoms with van der Waals surface area (Å²) >= 11 is 0. The minimum absolute atomic E-state index is 0.00882. The van der Waals surface area contributed by atoms with Gasteiger partial charge in [0.15, 0.2) is 0 Å². The number of Topliss-reactive ketones (excluding diaryl/α,β-unsaturated/α-hetero) is 1. The average Bonchev–Trinajstić information content (AvgIpc) is 2.75. The molecule has 1 heteroatoms. The minimum atomic E-state index is -0.00882. The molecule has 100 valence electrons.